The van der Waals surface area contributed by atoms with E-state index in [1.807, 2.05) is 25.8 Å². The van der Waals surface area contributed by atoms with Gasteiger partial charge in [-0.15, -0.1) is 0 Å². The second kappa shape index (κ2) is 5.74. The monoisotopic (exact) mass is 313 g/mol. The highest BCUT2D eigenvalue weighted by atomic mass is 79.9. The lowest BCUT2D eigenvalue weighted by atomic mass is 10.0. The van der Waals surface area contributed by atoms with Crippen LogP contribution < -0.4 is 9.64 Å². The van der Waals surface area contributed by atoms with Gasteiger partial charge in [0.1, 0.15) is 11.5 Å². The molecule has 18 heavy (non-hydrogen) atoms. The Morgan fingerprint density at radius 3 is 2.22 bits per heavy atom. The highest BCUT2D eigenvalue weighted by molar-refractivity contribution is 9.10. The van der Waals surface area contributed by atoms with Crippen LogP contribution in [0.2, 0.25) is 0 Å². The van der Waals surface area contributed by atoms with Gasteiger partial charge in [0.15, 0.2) is 0 Å². The third-order valence-corrected chi connectivity index (χ3v) is 4.37. The van der Waals surface area contributed by atoms with Crippen LogP contribution in [-0.2, 0) is 4.79 Å². The van der Waals surface area contributed by atoms with Gasteiger partial charge in [0, 0.05) is 11.5 Å². The van der Waals surface area contributed by atoms with Crippen LogP contribution in [0.15, 0.2) is 4.47 Å². The zero-order chi connectivity index (χ0) is 14.0. The molecule has 0 aliphatic rings. The maximum Gasteiger partial charge on any atom is 0.149 e. The van der Waals surface area contributed by atoms with Crippen LogP contribution in [-0.4, -0.2) is 26.5 Å². The summed E-state index contributed by atoms with van der Waals surface area (Å²) in [5.74, 6) is 0.977. The SMILES string of the molecule is COc1c(C)c(C)c(Br)c(C)c1N(C)CC(C)=O. The van der Waals surface area contributed by atoms with Crippen molar-refractivity contribution >= 4 is 27.4 Å². The molecule has 0 fully saturated rings. The fraction of sp³-hybridized carbons (Fsp3) is 0.500. The number of ether oxygens (including phenoxy) is 1. The Morgan fingerprint density at radius 1 is 1.22 bits per heavy atom. The van der Waals surface area contributed by atoms with E-state index in [1.54, 1.807) is 14.0 Å². The molecule has 0 unspecified atom stereocenters. The molecule has 1 aromatic rings. The highest BCUT2D eigenvalue weighted by Crippen LogP contribution is 2.41. The number of carbonyl (C=O) groups excluding carboxylic acids is 1. The number of nitrogens with zero attached hydrogens (tertiary/aromatic N) is 1. The summed E-state index contributed by atoms with van der Waals surface area (Å²) in [6.07, 6.45) is 0. The Bertz CT molecular complexity index is 483. The van der Waals surface area contributed by atoms with Gasteiger partial charge in [-0.2, -0.15) is 0 Å². The molecule has 0 radical (unpaired) electrons. The van der Waals surface area contributed by atoms with Crippen molar-refractivity contribution in [2.45, 2.75) is 27.7 Å². The van der Waals surface area contributed by atoms with Crippen LogP contribution in [0.25, 0.3) is 0 Å². The molecular weight excluding hydrogens is 294 g/mol. The van der Waals surface area contributed by atoms with E-state index in [9.17, 15) is 4.79 Å². The fourth-order valence-corrected chi connectivity index (χ4v) is 2.68. The van der Waals surface area contributed by atoms with Gasteiger partial charge in [0.2, 0.25) is 0 Å². The molecule has 0 heterocycles. The van der Waals surface area contributed by atoms with Crippen molar-refractivity contribution in [2.24, 2.45) is 0 Å². The number of methoxy groups -OCH3 is 1. The third-order valence-electron chi connectivity index (χ3n) is 3.18. The Balaban J connectivity index is 3.46. The number of rotatable bonds is 4. The standard InChI is InChI=1S/C14H20BrNO2/c1-8(17)7-16(5)13-11(4)12(15)9(2)10(3)14(13)18-6/h7H2,1-6H3. The molecule has 1 rings (SSSR count). The van der Waals surface area contributed by atoms with E-state index >= 15 is 0 Å². The first-order valence-corrected chi connectivity index (χ1v) is 6.64. The second-order valence-electron chi connectivity index (χ2n) is 4.63. The third kappa shape index (κ3) is 2.69. The van der Waals surface area contributed by atoms with E-state index in [2.05, 4.69) is 22.9 Å². The molecule has 0 atom stereocenters. The van der Waals surface area contributed by atoms with Crippen molar-refractivity contribution in [3.63, 3.8) is 0 Å². The number of anilines is 1. The quantitative estimate of drug-likeness (QED) is 0.853. The minimum atomic E-state index is 0.133. The normalized spacial score (nSPS) is 10.4. The molecule has 0 saturated carbocycles. The average molecular weight is 314 g/mol. The minimum absolute atomic E-state index is 0.133. The predicted molar refractivity (Wildman–Crippen MR) is 78.9 cm³/mol. The van der Waals surface area contributed by atoms with Crippen molar-refractivity contribution in [3.05, 3.63) is 21.2 Å². The van der Waals surface area contributed by atoms with Gasteiger partial charge in [-0.05, 0) is 44.4 Å². The molecule has 0 aromatic heterocycles. The summed E-state index contributed by atoms with van der Waals surface area (Å²) in [5, 5.41) is 0. The van der Waals surface area contributed by atoms with Gasteiger partial charge in [0.25, 0.3) is 0 Å². The molecule has 0 N–H and O–H groups in total. The Kier molecular flexibility index (Phi) is 4.79. The average Bonchev–Trinajstić information content (AvgIpc) is 2.29. The topological polar surface area (TPSA) is 29.5 Å². The van der Waals surface area contributed by atoms with Gasteiger partial charge >= 0.3 is 0 Å². The summed E-state index contributed by atoms with van der Waals surface area (Å²) < 4.78 is 6.60. The van der Waals surface area contributed by atoms with E-state index in [-0.39, 0.29) is 5.78 Å². The molecule has 0 aliphatic carbocycles. The molecule has 0 spiro atoms. The molecule has 0 aliphatic heterocycles. The Morgan fingerprint density at radius 2 is 1.78 bits per heavy atom. The summed E-state index contributed by atoms with van der Waals surface area (Å²) in [4.78, 5) is 13.2. The number of benzene rings is 1. The number of carbonyl (C=O) groups is 1. The van der Waals surface area contributed by atoms with Crippen molar-refractivity contribution in [2.75, 3.05) is 25.6 Å². The van der Waals surface area contributed by atoms with Crippen molar-refractivity contribution in [1.29, 1.82) is 0 Å². The molecule has 1 aromatic carbocycles. The van der Waals surface area contributed by atoms with E-state index in [0.29, 0.717) is 6.54 Å². The number of ketones is 1. The fourth-order valence-electron chi connectivity index (χ4n) is 2.19. The summed E-state index contributed by atoms with van der Waals surface area (Å²) in [6, 6.07) is 0. The zero-order valence-electron chi connectivity index (χ0n) is 11.8. The van der Waals surface area contributed by atoms with Crippen LogP contribution in [0.5, 0.6) is 5.75 Å². The maximum atomic E-state index is 11.3. The number of likely N-dealkylation sites (N-methyl/N-ethyl adjacent to an activating group) is 1. The van der Waals surface area contributed by atoms with Crippen molar-refractivity contribution in [1.82, 2.24) is 0 Å². The Hall–Kier alpha value is -1.03. The number of halogens is 1. The number of hydrogen-bond acceptors (Lipinski definition) is 3. The van der Waals surface area contributed by atoms with Crippen molar-refractivity contribution < 1.29 is 9.53 Å². The predicted octanol–water partition coefficient (Wildman–Crippen LogP) is 3.41. The molecule has 0 saturated heterocycles. The first-order chi connectivity index (χ1) is 8.31. The lowest BCUT2D eigenvalue weighted by molar-refractivity contribution is -0.115. The van der Waals surface area contributed by atoms with Crippen LogP contribution >= 0.6 is 15.9 Å². The Labute approximate surface area is 117 Å². The maximum absolute atomic E-state index is 11.3. The zero-order valence-corrected chi connectivity index (χ0v) is 13.4. The van der Waals surface area contributed by atoms with Crippen LogP contribution in [0.3, 0.4) is 0 Å². The van der Waals surface area contributed by atoms with E-state index < -0.39 is 0 Å². The van der Waals surface area contributed by atoms with E-state index in [1.165, 1.54) is 5.56 Å². The second-order valence-corrected chi connectivity index (χ2v) is 5.42. The number of Topliss-reactive ketones (excluding diaryl/α,β-unsaturated/α-hetero) is 1. The summed E-state index contributed by atoms with van der Waals surface area (Å²) in [7, 11) is 3.58. The molecule has 0 amide bonds. The first-order valence-electron chi connectivity index (χ1n) is 5.85. The van der Waals surface area contributed by atoms with E-state index in [0.717, 1.165) is 27.0 Å². The molecule has 0 bridgehead atoms. The van der Waals surface area contributed by atoms with Gasteiger partial charge in [0.05, 0.1) is 19.3 Å². The molecule has 4 heteroatoms. The van der Waals surface area contributed by atoms with Gasteiger partial charge < -0.3 is 9.64 Å². The molecular formula is C14H20BrNO2. The van der Waals surface area contributed by atoms with E-state index in [4.69, 9.17) is 4.74 Å². The van der Waals surface area contributed by atoms with Gasteiger partial charge in [-0.1, -0.05) is 15.9 Å². The molecule has 100 valence electrons. The summed E-state index contributed by atoms with van der Waals surface area (Å²) >= 11 is 3.61. The summed E-state index contributed by atoms with van der Waals surface area (Å²) in [6.45, 7) is 8.10. The summed E-state index contributed by atoms with van der Waals surface area (Å²) in [5.41, 5.74) is 4.34. The van der Waals surface area contributed by atoms with Gasteiger partial charge in [-0.25, -0.2) is 0 Å². The van der Waals surface area contributed by atoms with Gasteiger partial charge in [-0.3, -0.25) is 4.79 Å². The van der Waals surface area contributed by atoms with Crippen molar-refractivity contribution in [3.8, 4) is 5.75 Å². The number of hydrogen-bond donors (Lipinski definition) is 0. The smallest absolute Gasteiger partial charge is 0.149 e. The first kappa shape index (κ1) is 15.0. The largest absolute Gasteiger partial charge is 0.494 e. The van der Waals surface area contributed by atoms with Crippen LogP contribution in [0, 0.1) is 20.8 Å². The molecule has 3 nitrogen and oxygen atoms in total. The lowest BCUT2D eigenvalue weighted by Crippen LogP contribution is -2.25. The lowest BCUT2D eigenvalue weighted by Gasteiger charge is -2.26. The highest BCUT2D eigenvalue weighted by Gasteiger charge is 2.20. The minimum Gasteiger partial charge on any atom is -0.494 e. The van der Waals surface area contributed by atoms with Crippen LogP contribution in [0.1, 0.15) is 23.6 Å². The van der Waals surface area contributed by atoms with Crippen LogP contribution in [0.4, 0.5) is 5.69 Å².